The summed E-state index contributed by atoms with van der Waals surface area (Å²) >= 11 is 0. The van der Waals surface area contributed by atoms with Crippen LogP contribution in [-0.4, -0.2) is 16.5 Å². The van der Waals surface area contributed by atoms with Crippen LogP contribution in [0.5, 0.6) is 0 Å². The Kier molecular flexibility index (Phi) is 3.66. The minimum Gasteiger partial charge on any atom is -0.461 e. The molecule has 0 spiro atoms. The standard InChI is InChI=1S/C12H15N3O/c1-2-5-13-7-10-8-14-12(15-9-10)11-4-3-6-16-11/h3-4,6,8-9,13H,2,5,7H2,1H3. The van der Waals surface area contributed by atoms with E-state index < -0.39 is 0 Å². The van der Waals surface area contributed by atoms with Crippen LogP contribution in [0.4, 0.5) is 0 Å². The number of hydrogen-bond donors (Lipinski definition) is 1. The fourth-order valence-corrected chi connectivity index (χ4v) is 1.39. The Bertz CT molecular complexity index is 408. The van der Waals surface area contributed by atoms with Crippen molar-refractivity contribution in [1.82, 2.24) is 15.3 Å². The largest absolute Gasteiger partial charge is 0.461 e. The third kappa shape index (κ3) is 2.67. The maximum atomic E-state index is 5.22. The summed E-state index contributed by atoms with van der Waals surface area (Å²) in [5, 5.41) is 3.30. The van der Waals surface area contributed by atoms with E-state index in [0.29, 0.717) is 11.6 Å². The molecule has 16 heavy (non-hydrogen) atoms. The summed E-state index contributed by atoms with van der Waals surface area (Å²) in [7, 11) is 0. The second-order valence-corrected chi connectivity index (χ2v) is 3.57. The number of nitrogens with zero attached hydrogens (tertiary/aromatic N) is 2. The van der Waals surface area contributed by atoms with Gasteiger partial charge >= 0.3 is 0 Å². The number of nitrogens with one attached hydrogen (secondary N) is 1. The number of aromatic nitrogens is 2. The molecular weight excluding hydrogens is 202 g/mol. The Morgan fingerprint density at radius 1 is 1.31 bits per heavy atom. The van der Waals surface area contributed by atoms with Gasteiger partial charge in [-0.2, -0.15) is 0 Å². The molecule has 0 amide bonds. The zero-order valence-electron chi connectivity index (χ0n) is 9.31. The summed E-state index contributed by atoms with van der Waals surface area (Å²) in [5.41, 5.74) is 1.09. The monoisotopic (exact) mass is 217 g/mol. The summed E-state index contributed by atoms with van der Waals surface area (Å²) in [4.78, 5) is 8.51. The maximum Gasteiger partial charge on any atom is 0.195 e. The first kappa shape index (κ1) is 10.8. The van der Waals surface area contributed by atoms with E-state index in [0.717, 1.165) is 25.1 Å². The average molecular weight is 217 g/mol. The summed E-state index contributed by atoms with van der Waals surface area (Å²) in [6, 6.07) is 3.68. The van der Waals surface area contributed by atoms with Crippen LogP contribution >= 0.6 is 0 Å². The zero-order valence-corrected chi connectivity index (χ0v) is 9.31. The van der Waals surface area contributed by atoms with Crippen LogP contribution in [0.15, 0.2) is 35.2 Å². The molecule has 4 nitrogen and oxygen atoms in total. The maximum absolute atomic E-state index is 5.22. The van der Waals surface area contributed by atoms with Crippen LogP contribution in [-0.2, 0) is 6.54 Å². The highest BCUT2D eigenvalue weighted by molar-refractivity contribution is 5.45. The third-order valence-corrected chi connectivity index (χ3v) is 2.20. The quantitative estimate of drug-likeness (QED) is 0.780. The van der Waals surface area contributed by atoms with Crippen LogP contribution in [0.1, 0.15) is 18.9 Å². The van der Waals surface area contributed by atoms with Gasteiger partial charge in [-0.15, -0.1) is 0 Å². The van der Waals surface area contributed by atoms with Gasteiger partial charge in [0.25, 0.3) is 0 Å². The number of hydrogen-bond acceptors (Lipinski definition) is 4. The normalized spacial score (nSPS) is 10.6. The molecule has 0 atom stereocenters. The Balaban J connectivity index is 2.00. The van der Waals surface area contributed by atoms with E-state index in [-0.39, 0.29) is 0 Å². The zero-order chi connectivity index (χ0) is 11.2. The molecule has 0 aromatic carbocycles. The molecule has 0 aliphatic heterocycles. The molecule has 0 radical (unpaired) electrons. The lowest BCUT2D eigenvalue weighted by molar-refractivity contribution is 0.577. The van der Waals surface area contributed by atoms with Gasteiger partial charge in [0.15, 0.2) is 11.6 Å². The van der Waals surface area contributed by atoms with Crippen molar-refractivity contribution >= 4 is 0 Å². The number of furan rings is 1. The van der Waals surface area contributed by atoms with Gasteiger partial charge in [-0.25, -0.2) is 9.97 Å². The second-order valence-electron chi connectivity index (χ2n) is 3.57. The Hall–Kier alpha value is -1.68. The van der Waals surface area contributed by atoms with E-state index >= 15 is 0 Å². The molecular formula is C12H15N3O. The lowest BCUT2D eigenvalue weighted by Gasteiger charge is -2.02. The van der Waals surface area contributed by atoms with Crippen molar-refractivity contribution in [1.29, 1.82) is 0 Å². The topological polar surface area (TPSA) is 51.0 Å². The van der Waals surface area contributed by atoms with E-state index in [2.05, 4.69) is 22.2 Å². The summed E-state index contributed by atoms with van der Waals surface area (Å²) < 4.78 is 5.22. The van der Waals surface area contributed by atoms with Gasteiger partial charge in [0, 0.05) is 24.5 Å². The third-order valence-electron chi connectivity index (χ3n) is 2.20. The summed E-state index contributed by atoms with van der Waals surface area (Å²) in [6.07, 6.45) is 6.40. The van der Waals surface area contributed by atoms with Gasteiger partial charge in [0.2, 0.25) is 0 Å². The minimum absolute atomic E-state index is 0.629. The highest BCUT2D eigenvalue weighted by Crippen LogP contribution is 2.13. The molecule has 2 aromatic heterocycles. The highest BCUT2D eigenvalue weighted by Gasteiger charge is 2.03. The van der Waals surface area contributed by atoms with Crippen LogP contribution in [0.3, 0.4) is 0 Å². The fraction of sp³-hybridized carbons (Fsp3) is 0.333. The Morgan fingerprint density at radius 2 is 2.12 bits per heavy atom. The van der Waals surface area contributed by atoms with Crippen molar-refractivity contribution in [3.63, 3.8) is 0 Å². The molecule has 0 bridgehead atoms. The van der Waals surface area contributed by atoms with Crippen LogP contribution < -0.4 is 5.32 Å². The van der Waals surface area contributed by atoms with Gasteiger partial charge in [-0.05, 0) is 25.1 Å². The number of rotatable bonds is 5. The average Bonchev–Trinajstić information content (AvgIpc) is 2.84. The molecule has 0 aliphatic rings. The molecule has 0 aliphatic carbocycles. The van der Waals surface area contributed by atoms with Gasteiger partial charge < -0.3 is 9.73 Å². The molecule has 1 N–H and O–H groups in total. The lowest BCUT2D eigenvalue weighted by Crippen LogP contribution is -2.14. The van der Waals surface area contributed by atoms with Crippen molar-refractivity contribution in [3.05, 3.63) is 36.4 Å². The molecule has 2 heterocycles. The summed E-state index contributed by atoms with van der Waals surface area (Å²) in [6.45, 7) is 3.97. The second kappa shape index (κ2) is 5.42. The van der Waals surface area contributed by atoms with Crippen molar-refractivity contribution in [2.45, 2.75) is 19.9 Å². The lowest BCUT2D eigenvalue weighted by atomic mass is 10.3. The van der Waals surface area contributed by atoms with E-state index in [1.165, 1.54) is 0 Å². The van der Waals surface area contributed by atoms with Crippen molar-refractivity contribution in [2.75, 3.05) is 6.54 Å². The predicted molar refractivity (Wildman–Crippen MR) is 61.7 cm³/mol. The molecule has 0 fully saturated rings. The van der Waals surface area contributed by atoms with E-state index in [1.54, 1.807) is 6.26 Å². The highest BCUT2D eigenvalue weighted by atomic mass is 16.3. The summed E-state index contributed by atoms with van der Waals surface area (Å²) in [5.74, 6) is 1.33. The van der Waals surface area contributed by atoms with Gasteiger partial charge in [0.1, 0.15) is 0 Å². The molecule has 4 heteroatoms. The molecule has 2 aromatic rings. The molecule has 0 saturated carbocycles. The van der Waals surface area contributed by atoms with Gasteiger partial charge in [-0.3, -0.25) is 0 Å². The first-order valence-electron chi connectivity index (χ1n) is 5.45. The van der Waals surface area contributed by atoms with Crippen molar-refractivity contribution in [2.24, 2.45) is 0 Å². The van der Waals surface area contributed by atoms with Gasteiger partial charge in [0.05, 0.1) is 6.26 Å². The van der Waals surface area contributed by atoms with E-state index in [1.807, 2.05) is 24.5 Å². The SMILES string of the molecule is CCCNCc1cnc(-c2ccco2)nc1. The van der Waals surface area contributed by atoms with Crippen LogP contribution in [0.2, 0.25) is 0 Å². The minimum atomic E-state index is 0.629. The van der Waals surface area contributed by atoms with E-state index in [4.69, 9.17) is 4.42 Å². The molecule has 0 unspecified atom stereocenters. The van der Waals surface area contributed by atoms with Crippen LogP contribution in [0, 0.1) is 0 Å². The fourth-order valence-electron chi connectivity index (χ4n) is 1.39. The molecule has 84 valence electrons. The molecule has 2 rings (SSSR count). The predicted octanol–water partition coefficient (Wildman–Crippen LogP) is 2.24. The Labute approximate surface area is 94.7 Å². The molecule has 0 saturated heterocycles. The smallest absolute Gasteiger partial charge is 0.195 e. The van der Waals surface area contributed by atoms with Crippen molar-refractivity contribution < 1.29 is 4.42 Å². The van der Waals surface area contributed by atoms with E-state index in [9.17, 15) is 0 Å². The van der Waals surface area contributed by atoms with Gasteiger partial charge in [-0.1, -0.05) is 6.92 Å². The van der Waals surface area contributed by atoms with Crippen LogP contribution in [0.25, 0.3) is 11.6 Å². The first-order valence-corrected chi connectivity index (χ1v) is 5.45. The van der Waals surface area contributed by atoms with Crippen molar-refractivity contribution in [3.8, 4) is 11.6 Å². The Morgan fingerprint density at radius 3 is 2.75 bits per heavy atom. The first-order chi connectivity index (χ1) is 7.90.